The molecule has 0 radical (unpaired) electrons. The minimum absolute atomic E-state index is 1.26. The van der Waals surface area contributed by atoms with Gasteiger partial charge in [-0.25, -0.2) is 0 Å². The van der Waals surface area contributed by atoms with Crippen LogP contribution in [0.2, 0.25) is 0 Å². The molecule has 7 heavy (non-hydrogen) atoms. The fourth-order valence-electron chi connectivity index (χ4n) is 0.0986. The number of nitriles is 2. The molecule has 0 aliphatic rings. The molecule has 0 aliphatic heterocycles. The van der Waals surface area contributed by atoms with E-state index < -0.39 is 34.0 Å². The van der Waals surface area contributed by atoms with E-state index in [0.717, 1.165) is 0 Å². The van der Waals surface area contributed by atoms with Gasteiger partial charge in [-0.05, 0) is 0 Å². The number of nitrogens with zero attached hydrogens (tertiary/aromatic N) is 2. The maximum atomic E-state index is 8.13. The van der Waals surface area contributed by atoms with Crippen molar-refractivity contribution in [3.8, 4) is 10.8 Å². The molecule has 0 rings (SSSR count). The van der Waals surface area contributed by atoms with E-state index in [1.807, 2.05) is 0 Å². The summed E-state index contributed by atoms with van der Waals surface area (Å²) in [5.41, 5.74) is 0. The molecule has 0 saturated heterocycles. The van der Waals surface area contributed by atoms with Crippen molar-refractivity contribution < 1.29 is 14.7 Å². The van der Waals surface area contributed by atoms with Gasteiger partial charge in [0.2, 0.25) is 0 Å². The number of hydrogen-bond donors (Lipinski definition) is 0. The zero-order valence-electron chi connectivity index (χ0n) is 5.50. The summed E-state index contributed by atoms with van der Waals surface area (Å²) in [5.74, 6) is 0. The Morgan fingerprint density at radius 3 is 2.14 bits per heavy atom. The topological polar surface area (TPSA) is 47.6 Å². The van der Waals surface area contributed by atoms with Gasteiger partial charge in [-0.3, -0.25) is 0 Å². The van der Waals surface area contributed by atoms with Crippen LogP contribution in [0.3, 0.4) is 0 Å². The molecule has 0 amide bonds. The van der Waals surface area contributed by atoms with Crippen molar-refractivity contribution in [1.82, 2.24) is 0 Å². The molecule has 0 saturated carbocycles. The summed E-state index contributed by atoms with van der Waals surface area (Å²) in [7, 11) is -2.52. The first kappa shape index (κ1) is 4.21. The number of thiocyanates is 2. The van der Waals surface area contributed by atoms with Crippen LogP contribution in [-0.2, 0) is 14.7 Å². The second-order valence-electron chi connectivity index (χ2n) is 0.658. The summed E-state index contributed by atoms with van der Waals surface area (Å²) in [6.45, 7) is 0. The van der Waals surface area contributed by atoms with Crippen LogP contribution in [0.1, 0.15) is 0 Å². The minimum atomic E-state index is -1.40. The maximum absolute atomic E-state index is 8.13. The summed E-state index contributed by atoms with van der Waals surface area (Å²) in [4.78, 5) is 0. The SMILES string of the molecule is [2H][SH](C#N)[Zn][SH]([2H])C#N. The third kappa shape index (κ3) is 6.30. The Kier molecular flexibility index (Phi) is 3.79. The van der Waals surface area contributed by atoms with Crippen LogP contribution in [0.5, 0.6) is 0 Å². The van der Waals surface area contributed by atoms with Gasteiger partial charge in [-0.15, -0.1) is 0 Å². The van der Waals surface area contributed by atoms with Crippen molar-refractivity contribution in [2.45, 2.75) is 0 Å². The van der Waals surface area contributed by atoms with Crippen molar-refractivity contribution in [2.24, 2.45) is 0 Å². The van der Waals surface area contributed by atoms with Crippen molar-refractivity contribution >= 4 is 19.3 Å². The average Bonchev–Trinajstić information content (AvgIpc) is 1.87. The van der Waals surface area contributed by atoms with Crippen LogP contribution in [-0.4, -0.2) is 2.25 Å². The Morgan fingerprint density at radius 2 is 1.86 bits per heavy atom. The van der Waals surface area contributed by atoms with E-state index in [4.69, 9.17) is 12.8 Å². The Hall–Kier alpha value is 0.303. The molecule has 0 aromatic rings. The van der Waals surface area contributed by atoms with Crippen LogP contribution in [0.4, 0.5) is 0 Å². The fourth-order valence-corrected chi connectivity index (χ4v) is 4.61. The molecule has 2 atom stereocenters. The van der Waals surface area contributed by atoms with Gasteiger partial charge in [0.1, 0.15) is 0 Å². The third-order valence-corrected chi connectivity index (χ3v) is 8.82. The molecule has 0 bridgehead atoms. The normalized spacial score (nSPS) is 23.7. The van der Waals surface area contributed by atoms with Crippen LogP contribution >= 0.6 is 19.3 Å². The summed E-state index contributed by atoms with van der Waals surface area (Å²) < 4.78 is 14.0. The molecule has 0 fully saturated rings. The Balaban J connectivity index is 3.53. The molecule has 0 aliphatic carbocycles. The first-order chi connectivity index (χ1) is 4.20. The van der Waals surface area contributed by atoms with Gasteiger partial charge in [0.05, 0.1) is 0 Å². The van der Waals surface area contributed by atoms with Crippen molar-refractivity contribution in [3.05, 3.63) is 0 Å². The first-order valence-corrected chi connectivity index (χ1v) is 11.6. The van der Waals surface area contributed by atoms with Gasteiger partial charge >= 0.3 is 57.6 Å². The van der Waals surface area contributed by atoms with E-state index in [1.54, 1.807) is 10.8 Å². The Labute approximate surface area is 57.7 Å². The van der Waals surface area contributed by atoms with Crippen LogP contribution in [0, 0.1) is 21.3 Å². The molecule has 0 aromatic carbocycles. The van der Waals surface area contributed by atoms with E-state index in [9.17, 15) is 0 Å². The average molecular weight is 188 g/mol. The van der Waals surface area contributed by atoms with Crippen molar-refractivity contribution in [2.75, 3.05) is 0 Å². The number of hydrogen-bond acceptors (Lipinski definition) is 2. The molecular weight excluding hydrogens is 182 g/mol. The van der Waals surface area contributed by atoms with Crippen LogP contribution in [0.25, 0.3) is 0 Å². The molecule has 36 valence electrons. The predicted octanol–water partition coefficient (Wildman–Crippen LogP) is 0.257. The quantitative estimate of drug-likeness (QED) is 0.460. The van der Waals surface area contributed by atoms with E-state index >= 15 is 0 Å². The molecule has 0 aromatic heterocycles. The predicted molar refractivity (Wildman–Crippen MR) is 32.0 cm³/mol. The second-order valence-corrected chi connectivity index (χ2v) is 12.1. The van der Waals surface area contributed by atoms with Gasteiger partial charge in [0.15, 0.2) is 0 Å². The molecule has 2 unspecified atom stereocenters. The Bertz CT molecular complexity index is 145. The molecular formula is C2H4N2S2Zn. The molecule has 2 nitrogen and oxygen atoms in total. The monoisotopic (exact) mass is 186 g/mol. The van der Waals surface area contributed by atoms with Gasteiger partial charge in [-0.2, -0.15) is 0 Å². The number of rotatable bonds is 2. The second kappa shape index (κ2) is 6.30. The molecule has 0 heterocycles. The summed E-state index contributed by atoms with van der Waals surface area (Å²) in [5, 5.41) is 19.9. The third-order valence-electron chi connectivity index (χ3n) is 0.283. The summed E-state index contributed by atoms with van der Waals surface area (Å²) in [6, 6.07) is 0. The molecule has 5 heteroatoms. The zero-order chi connectivity index (χ0) is 7.28. The standard InChI is InChI=1S/2CHNS.Zn/c2*2-1-3;/h2*3H;/q;;-2/p+2/i/hD2. The van der Waals surface area contributed by atoms with Crippen LogP contribution < -0.4 is 0 Å². The fraction of sp³-hybridized carbons (Fsp3) is 0. The van der Waals surface area contributed by atoms with Gasteiger partial charge in [-0.1, -0.05) is 0 Å². The molecule has 0 spiro atoms. The summed E-state index contributed by atoms with van der Waals surface area (Å²) >= 11 is -1.40. The van der Waals surface area contributed by atoms with Gasteiger partial charge in [0, 0.05) is 0 Å². The first-order valence-electron chi connectivity index (χ1n) is 2.42. The molecule has 0 N–H and O–H groups in total. The summed E-state index contributed by atoms with van der Waals surface area (Å²) in [6.07, 6.45) is 0. The van der Waals surface area contributed by atoms with E-state index in [-0.39, 0.29) is 0 Å². The van der Waals surface area contributed by atoms with E-state index in [1.165, 1.54) is 0 Å². The van der Waals surface area contributed by atoms with E-state index in [2.05, 4.69) is 0 Å². The van der Waals surface area contributed by atoms with Gasteiger partial charge in [0.25, 0.3) is 0 Å². The van der Waals surface area contributed by atoms with E-state index in [0.29, 0.717) is 0 Å². The zero-order valence-corrected chi connectivity index (χ0v) is 8.25. The van der Waals surface area contributed by atoms with Crippen LogP contribution in [0.15, 0.2) is 0 Å². The Morgan fingerprint density at radius 1 is 1.43 bits per heavy atom. The van der Waals surface area contributed by atoms with Crippen molar-refractivity contribution in [3.63, 3.8) is 0 Å². The van der Waals surface area contributed by atoms with Crippen molar-refractivity contribution in [1.29, 1.82) is 12.8 Å². The van der Waals surface area contributed by atoms with Gasteiger partial charge < -0.3 is 0 Å².